The molecular formula is C28H28FN5O2. The third-order valence-corrected chi connectivity index (χ3v) is 7.46. The van der Waals surface area contributed by atoms with E-state index in [4.69, 9.17) is 15.7 Å². The number of nitrogens with zero attached hydrogens (tertiary/aromatic N) is 4. The first-order valence-corrected chi connectivity index (χ1v) is 12.1. The van der Waals surface area contributed by atoms with Gasteiger partial charge >= 0.3 is 0 Å². The molecule has 0 bridgehead atoms. The molecule has 1 saturated heterocycles. The molecule has 1 aliphatic heterocycles. The van der Waals surface area contributed by atoms with Crippen LogP contribution in [0.4, 0.5) is 10.2 Å². The monoisotopic (exact) mass is 485 g/mol. The summed E-state index contributed by atoms with van der Waals surface area (Å²) in [4.78, 5) is 22.8. The highest BCUT2D eigenvalue weighted by Gasteiger charge is 2.49. The molecule has 184 valence electrons. The number of aromatic nitrogens is 2. The average Bonchev–Trinajstić information content (AvgIpc) is 3.43. The second-order valence-corrected chi connectivity index (χ2v) is 10.2. The molecule has 7 nitrogen and oxygen atoms in total. The summed E-state index contributed by atoms with van der Waals surface area (Å²) in [7, 11) is 0. The fourth-order valence-corrected chi connectivity index (χ4v) is 5.76. The van der Waals surface area contributed by atoms with E-state index in [9.17, 15) is 9.18 Å². The van der Waals surface area contributed by atoms with Gasteiger partial charge in [-0.05, 0) is 80.3 Å². The van der Waals surface area contributed by atoms with E-state index < -0.39 is 5.82 Å². The van der Waals surface area contributed by atoms with Crippen molar-refractivity contribution < 1.29 is 13.9 Å². The molecule has 1 aliphatic carbocycles. The molecule has 2 aromatic carbocycles. The van der Waals surface area contributed by atoms with Crippen molar-refractivity contribution in [3.05, 3.63) is 77.5 Å². The summed E-state index contributed by atoms with van der Waals surface area (Å²) in [5, 5.41) is 9.05. The van der Waals surface area contributed by atoms with Crippen LogP contribution in [0.5, 0.6) is 11.5 Å². The van der Waals surface area contributed by atoms with Crippen LogP contribution in [-0.4, -0.2) is 34.4 Å². The van der Waals surface area contributed by atoms with Crippen molar-refractivity contribution in [1.82, 2.24) is 9.97 Å². The molecule has 2 fully saturated rings. The molecular weight excluding hydrogens is 457 g/mol. The molecule has 0 amide bonds. The van der Waals surface area contributed by atoms with E-state index in [0.29, 0.717) is 17.1 Å². The first-order chi connectivity index (χ1) is 17.3. The largest absolute Gasteiger partial charge is 0.451 e. The fraction of sp³-hybridized carbons (Fsp3) is 0.357. The van der Waals surface area contributed by atoms with Crippen LogP contribution in [0.3, 0.4) is 0 Å². The molecule has 1 spiro atoms. The van der Waals surface area contributed by atoms with Gasteiger partial charge in [0.2, 0.25) is 0 Å². The summed E-state index contributed by atoms with van der Waals surface area (Å²) < 4.78 is 19.8. The number of carbonyl (C=O) groups excluding carboxylic acids is 1. The molecule has 5 rings (SSSR count). The summed E-state index contributed by atoms with van der Waals surface area (Å²) in [6.45, 7) is 2.99. The molecule has 1 aromatic heterocycles. The van der Waals surface area contributed by atoms with Crippen LogP contribution in [0.1, 0.15) is 54.1 Å². The Morgan fingerprint density at radius 3 is 2.75 bits per heavy atom. The molecule has 2 aliphatic rings. The molecule has 2 heterocycles. The van der Waals surface area contributed by atoms with E-state index in [0.717, 1.165) is 50.8 Å². The number of anilines is 1. The minimum Gasteiger partial charge on any atom is -0.451 e. The Hall–Kier alpha value is -3.83. The number of nitrogens with two attached hydrogens (primary N) is 1. The van der Waals surface area contributed by atoms with Crippen molar-refractivity contribution in [2.75, 3.05) is 18.0 Å². The number of hydrogen-bond donors (Lipinski definition) is 1. The van der Waals surface area contributed by atoms with Gasteiger partial charge in [0.15, 0.2) is 17.4 Å². The quantitative estimate of drug-likeness (QED) is 0.500. The number of carbonyl (C=O) groups is 1. The molecule has 3 aromatic rings. The standard InChI is InChI=1S/C28H28FN5O2/c1-19(35)23-12-22(29)6-7-24(23)36-25-15-32-18-33-26(25)34-11-10-27(17-34)8-9-28(31,16-27)13-20-2-4-21(14-30)5-3-20/h2-7,12,15,18H,8-11,13,16-17,31H2,1H3. The summed E-state index contributed by atoms with van der Waals surface area (Å²) >= 11 is 0. The number of benzene rings is 2. The first kappa shape index (κ1) is 23.9. The summed E-state index contributed by atoms with van der Waals surface area (Å²) in [5.74, 6) is 0.584. The van der Waals surface area contributed by atoms with Crippen LogP contribution >= 0.6 is 0 Å². The van der Waals surface area contributed by atoms with Crippen LogP contribution in [0.15, 0.2) is 55.0 Å². The Morgan fingerprint density at radius 1 is 1.19 bits per heavy atom. The maximum atomic E-state index is 13.7. The molecule has 2 N–H and O–H groups in total. The number of nitriles is 1. The molecule has 1 saturated carbocycles. The predicted molar refractivity (Wildman–Crippen MR) is 133 cm³/mol. The van der Waals surface area contributed by atoms with Crippen molar-refractivity contribution in [1.29, 1.82) is 5.26 Å². The highest BCUT2D eigenvalue weighted by molar-refractivity contribution is 5.97. The number of ketones is 1. The topological polar surface area (TPSA) is 105 Å². The molecule has 8 heteroatoms. The van der Waals surface area contributed by atoms with Gasteiger partial charge < -0.3 is 15.4 Å². The lowest BCUT2D eigenvalue weighted by molar-refractivity contribution is 0.101. The predicted octanol–water partition coefficient (Wildman–Crippen LogP) is 4.80. The third kappa shape index (κ3) is 4.79. The first-order valence-electron chi connectivity index (χ1n) is 12.1. The Bertz CT molecular complexity index is 1340. The lowest BCUT2D eigenvalue weighted by Gasteiger charge is -2.29. The Kier molecular flexibility index (Phi) is 6.19. The van der Waals surface area contributed by atoms with Gasteiger partial charge in [0, 0.05) is 18.6 Å². The summed E-state index contributed by atoms with van der Waals surface area (Å²) in [6, 6.07) is 13.7. The summed E-state index contributed by atoms with van der Waals surface area (Å²) in [6.07, 6.45) is 7.71. The number of rotatable bonds is 6. The van der Waals surface area contributed by atoms with Crippen molar-refractivity contribution in [3.8, 4) is 17.6 Å². The minimum atomic E-state index is -0.494. The van der Waals surface area contributed by atoms with Gasteiger partial charge in [-0.15, -0.1) is 0 Å². The lowest BCUT2D eigenvalue weighted by atomic mass is 9.81. The van der Waals surface area contributed by atoms with Crippen molar-refractivity contribution in [3.63, 3.8) is 0 Å². The zero-order valence-electron chi connectivity index (χ0n) is 20.2. The van der Waals surface area contributed by atoms with Crippen molar-refractivity contribution >= 4 is 11.6 Å². The average molecular weight is 486 g/mol. The van der Waals surface area contributed by atoms with Crippen LogP contribution in [0, 0.1) is 22.6 Å². The van der Waals surface area contributed by atoms with Gasteiger partial charge in [-0.2, -0.15) is 5.26 Å². The Labute approximate surface area is 209 Å². The maximum absolute atomic E-state index is 13.7. The highest BCUT2D eigenvalue weighted by Crippen LogP contribution is 2.51. The van der Waals surface area contributed by atoms with E-state index in [-0.39, 0.29) is 28.1 Å². The van der Waals surface area contributed by atoms with Gasteiger partial charge in [-0.25, -0.2) is 14.4 Å². The van der Waals surface area contributed by atoms with Crippen LogP contribution in [0.2, 0.25) is 0 Å². The van der Waals surface area contributed by atoms with Gasteiger partial charge in [0.05, 0.1) is 23.4 Å². The highest BCUT2D eigenvalue weighted by atomic mass is 19.1. The normalized spacial score (nSPS) is 23.1. The third-order valence-electron chi connectivity index (χ3n) is 7.46. The maximum Gasteiger partial charge on any atom is 0.188 e. The zero-order chi connectivity index (χ0) is 25.3. The number of ether oxygens (including phenoxy) is 1. The van der Waals surface area contributed by atoms with Gasteiger partial charge in [0.1, 0.15) is 17.9 Å². The van der Waals surface area contributed by atoms with E-state index in [1.54, 1.807) is 6.20 Å². The number of hydrogen-bond acceptors (Lipinski definition) is 7. The van der Waals surface area contributed by atoms with Crippen LogP contribution in [-0.2, 0) is 6.42 Å². The Balaban J connectivity index is 1.32. The fourth-order valence-electron chi connectivity index (χ4n) is 5.76. The second-order valence-electron chi connectivity index (χ2n) is 10.2. The van der Waals surface area contributed by atoms with Crippen molar-refractivity contribution in [2.45, 2.75) is 44.6 Å². The van der Waals surface area contributed by atoms with E-state index in [1.165, 1.54) is 31.5 Å². The summed E-state index contributed by atoms with van der Waals surface area (Å²) in [5.41, 5.74) is 8.66. The van der Waals surface area contributed by atoms with E-state index >= 15 is 0 Å². The Morgan fingerprint density at radius 2 is 2.00 bits per heavy atom. The van der Waals surface area contributed by atoms with Crippen LogP contribution < -0.4 is 15.4 Å². The SMILES string of the molecule is CC(=O)c1cc(F)ccc1Oc1cncnc1N1CCC2(CCC(N)(Cc3ccc(C#N)cc3)C2)C1. The molecule has 2 atom stereocenters. The smallest absolute Gasteiger partial charge is 0.188 e. The van der Waals surface area contributed by atoms with Crippen LogP contribution in [0.25, 0.3) is 0 Å². The van der Waals surface area contributed by atoms with E-state index in [1.807, 2.05) is 24.3 Å². The van der Waals surface area contributed by atoms with E-state index in [2.05, 4.69) is 20.9 Å². The molecule has 0 radical (unpaired) electrons. The van der Waals surface area contributed by atoms with Gasteiger partial charge in [-0.1, -0.05) is 12.1 Å². The lowest BCUT2D eigenvalue weighted by Crippen LogP contribution is -2.41. The van der Waals surface area contributed by atoms with Crippen molar-refractivity contribution in [2.24, 2.45) is 11.1 Å². The molecule has 2 unspecified atom stereocenters. The second kappa shape index (κ2) is 9.32. The minimum absolute atomic E-state index is 0.0873. The van der Waals surface area contributed by atoms with Gasteiger partial charge in [0.25, 0.3) is 0 Å². The number of Topliss-reactive ketones (excluding diaryl/α,β-unsaturated/α-hetero) is 1. The zero-order valence-corrected chi connectivity index (χ0v) is 20.2. The van der Waals surface area contributed by atoms with Gasteiger partial charge in [-0.3, -0.25) is 4.79 Å². The molecule has 36 heavy (non-hydrogen) atoms. The number of halogens is 1.